The average molecular weight is 605 g/mol. The van der Waals surface area contributed by atoms with Gasteiger partial charge in [0, 0.05) is 6.42 Å². The molecule has 42 heavy (non-hydrogen) atoms. The highest BCUT2D eigenvalue weighted by atomic mass is 16.4. The SMILES string of the molecule is CCCCCC(O)C(C)O.CCCCCCCCCCCCCCCCCCCCCC(=O)O.O=C(O)CCC(=O)O. The minimum Gasteiger partial charge on any atom is -0.481 e. The first-order valence-electron chi connectivity index (χ1n) is 17.1. The van der Waals surface area contributed by atoms with Crippen LogP contribution in [-0.4, -0.2) is 55.6 Å². The molecular weight excluding hydrogens is 536 g/mol. The van der Waals surface area contributed by atoms with Crippen molar-refractivity contribution < 1.29 is 39.9 Å². The zero-order valence-corrected chi connectivity index (χ0v) is 27.5. The van der Waals surface area contributed by atoms with Gasteiger partial charge >= 0.3 is 17.9 Å². The molecule has 0 aliphatic rings. The van der Waals surface area contributed by atoms with E-state index in [-0.39, 0.29) is 12.8 Å². The van der Waals surface area contributed by atoms with Crippen molar-refractivity contribution in [3.63, 3.8) is 0 Å². The first kappa shape index (κ1) is 44.8. The Morgan fingerprint density at radius 2 is 0.690 bits per heavy atom. The van der Waals surface area contributed by atoms with Gasteiger partial charge in [0.05, 0.1) is 25.0 Å². The van der Waals surface area contributed by atoms with Gasteiger partial charge < -0.3 is 25.5 Å². The Morgan fingerprint density at radius 1 is 0.429 bits per heavy atom. The van der Waals surface area contributed by atoms with Crippen LogP contribution < -0.4 is 0 Å². The lowest BCUT2D eigenvalue weighted by molar-refractivity contribution is -0.143. The van der Waals surface area contributed by atoms with E-state index in [1.165, 1.54) is 109 Å². The number of aliphatic hydroxyl groups is 2. The number of unbranched alkanes of at least 4 members (excludes halogenated alkanes) is 20. The Morgan fingerprint density at radius 3 is 0.952 bits per heavy atom. The van der Waals surface area contributed by atoms with Gasteiger partial charge in [-0.05, 0) is 19.8 Å². The van der Waals surface area contributed by atoms with E-state index in [4.69, 9.17) is 25.5 Å². The van der Waals surface area contributed by atoms with Crippen LogP contribution in [0.15, 0.2) is 0 Å². The molecule has 2 unspecified atom stereocenters. The zero-order chi connectivity index (χ0) is 32.3. The summed E-state index contributed by atoms with van der Waals surface area (Å²) in [7, 11) is 0. The second-order valence-corrected chi connectivity index (χ2v) is 11.6. The van der Waals surface area contributed by atoms with E-state index in [0.717, 1.165) is 38.5 Å². The summed E-state index contributed by atoms with van der Waals surface area (Å²) in [5.74, 6) is -2.80. The maximum Gasteiger partial charge on any atom is 0.303 e. The van der Waals surface area contributed by atoms with E-state index in [9.17, 15) is 14.4 Å². The molecule has 0 aromatic rings. The molecule has 5 N–H and O–H groups in total. The van der Waals surface area contributed by atoms with Gasteiger partial charge in [0.25, 0.3) is 0 Å². The quantitative estimate of drug-likeness (QED) is 0.0554. The summed E-state index contributed by atoms with van der Waals surface area (Å²) in [6.07, 6.45) is 28.5. The summed E-state index contributed by atoms with van der Waals surface area (Å²) in [6, 6.07) is 0. The number of carboxylic acid groups (broad SMARTS) is 3. The van der Waals surface area contributed by atoms with Crippen LogP contribution in [0.4, 0.5) is 0 Å². The Labute approximate surface area is 257 Å². The molecule has 0 spiro atoms. The topological polar surface area (TPSA) is 152 Å². The monoisotopic (exact) mass is 604 g/mol. The summed E-state index contributed by atoms with van der Waals surface area (Å²) in [4.78, 5) is 29.7. The zero-order valence-electron chi connectivity index (χ0n) is 27.5. The summed E-state index contributed by atoms with van der Waals surface area (Å²) >= 11 is 0. The Kier molecular flexibility index (Phi) is 39.8. The van der Waals surface area contributed by atoms with Crippen molar-refractivity contribution in [1.82, 2.24) is 0 Å². The molecule has 0 aromatic heterocycles. The second kappa shape index (κ2) is 37.4. The van der Waals surface area contributed by atoms with Gasteiger partial charge in [0.2, 0.25) is 0 Å². The van der Waals surface area contributed by atoms with E-state index in [0.29, 0.717) is 6.42 Å². The fourth-order valence-corrected chi connectivity index (χ4v) is 4.41. The second-order valence-electron chi connectivity index (χ2n) is 11.6. The van der Waals surface area contributed by atoms with Crippen molar-refractivity contribution in [2.45, 2.75) is 200 Å². The Hall–Kier alpha value is -1.67. The molecule has 0 aromatic carbocycles. The van der Waals surface area contributed by atoms with Crippen LogP contribution in [0.3, 0.4) is 0 Å². The third kappa shape index (κ3) is 48.1. The fraction of sp³-hybridized carbons (Fsp3) is 0.912. The van der Waals surface area contributed by atoms with Crippen LogP contribution >= 0.6 is 0 Å². The molecule has 0 bridgehead atoms. The van der Waals surface area contributed by atoms with E-state index in [1.807, 2.05) is 0 Å². The minimum absolute atomic E-state index is 0.296. The van der Waals surface area contributed by atoms with Crippen LogP contribution in [0.25, 0.3) is 0 Å². The maximum absolute atomic E-state index is 10.4. The largest absolute Gasteiger partial charge is 0.481 e. The van der Waals surface area contributed by atoms with E-state index in [1.54, 1.807) is 6.92 Å². The third-order valence-corrected chi connectivity index (χ3v) is 7.21. The standard InChI is InChI=1S/C22H44O2.C8H18O2.C4H6O4/c1-2-3-4-5-6-7-8-9-10-11-12-13-14-15-16-17-18-19-20-21-22(23)24;1-3-4-5-6-8(10)7(2)9;5-3(6)1-2-4(7)8/h2-21H2,1H3,(H,23,24);7-10H,3-6H2,1-2H3;1-2H2,(H,5,6)(H,7,8). The van der Waals surface area contributed by atoms with Crippen molar-refractivity contribution in [2.75, 3.05) is 0 Å². The molecule has 0 aliphatic carbocycles. The lowest BCUT2D eigenvalue weighted by Gasteiger charge is -2.12. The van der Waals surface area contributed by atoms with Crippen LogP contribution in [0.5, 0.6) is 0 Å². The van der Waals surface area contributed by atoms with Crippen molar-refractivity contribution in [2.24, 2.45) is 0 Å². The molecule has 0 rings (SSSR count). The minimum atomic E-state index is -1.08. The number of aliphatic hydroxyl groups excluding tert-OH is 2. The number of carbonyl (C=O) groups is 3. The number of rotatable bonds is 28. The predicted molar refractivity (Wildman–Crippen MR) is 172 cm³/mol. The smallest absolute Gasteiger partial charge is 0.303 e. The molecule has 252 valence electrons. The molecule has 8 heteroatoms. The molecule has 0 saturated heterocycles. The number of aliphatic carboxylic acids is 3. The van der Waals surface area contributed by atoms with Gasteiger partial charge in [-0.2, -0.15) is 0 Å². The molecule has 0 amide bonds. The number of hydrogen-bond acceptors (Lipinski definition) is 5. The summed E-state index contributed by atoms with van der Waals surface area (Å²) in [5.41, 5.74) is 0. The average Bonchev–Trinajstić information content (AvgIpc) is 2.93. The van der Waals surface area contributed by atoms with Crippen LogP contribution in [0, 0.1) is 0 Å². The normalized spacial score (nSPS) is 11.9. The van der Waals surface area contributed by atoms with E-state index < -0.39 is 30.1 Å². The highest BCUT2D eigenvalue weighted by molar-refractivity contribution is 5.75. The third-order valence-electron chi connectivity index (χ3n) is 7.21. The number of hydrogen-bond donors (Lipinski definition) is 5. The van der Waals surface area contributed by atoms with Crippen molar-refractivity contribution in [1.29, 1.82) is 0 Å². The van der Waals surface area contributed by atoms with Gasteiger partial charge in [-0.25, -0.2) is 0 Å². The molecule has 8 nitrogen and oxygen atoms in total. The van der Waals surface area contributed by atoms with Gasteiger partial charge in [-0.3, -0.25) is 14.4 Å². The first-order chi connectivity index (χ1) is 20.1. The van der Waals surface area contributed by atoms with Crippen LogP contribution in [0.1, 0.15) is 188 Å². The van der Waals surface area contributed by atoms with Crippen molar-refractivity contribution in [3.8, 4) is 0 Å². The van der Waals surface area contributed by atoms with E-state index >= 15 is 0 Å². The summed E-state index contributed by atoms with van der Waals surface area (Å²) < 4.78 is 0. The molecular formula is C34H68O8. The fourth-order valence-electron chi connectivity index (χ4n) is 4.41. The first-order valence-corrected chi connectivity index (χ1v) is 17.1. The molecule has 0 heterocycles. The molecule has 0 radical (unpaired) electrons. The van der Waals surface area contributed by atoms with Crippen molar-refractivity contribution in [3.05, 3.63) is 0 Å². The summed E-state index contributed by atoms with van der Waals surface area (Å²) in [5, 5.41) is 42.3. The van der Waals surface area contributed by atoms with Gasteiger partial charge in [0.1, 0.15) is 0 Å². The Balaban J connectivity index is -0.000000688. The Bertz CT molecular complexity index is 566. The molecule has 0 aliphatic heterocycles. The lowest BCUT2D eigenvalue weighted by Crippen LogP contribution is -2.21. The van der Waals surface area contributed by atoms with Gasteiger partial charge in [-0.15, -0.1) is 0 Å². The molecule has 0 fully saturated rings. The highest BCUT2D eigenvalue weighted by Gasteiger charge is 2.08. The summed E-state index contributed by atoms with van der Waals surface area (Å²) in [6.45, 7) is 6.02. The maximum atomic E-state index is 10.4. The lowest BCUT2D eigenvalue weighted by atomic mass is 10.0. The van der Waals surface area contributed by atoms with Crippen LogP contribution in [-0.2, 0) is 14.4 Å². The van der Waals surface area contributed by atoms with Crippen molar-refractivity contribution >= 4 is 17.9 Å². The molecule has 0 saturated carbocycles. The van der Waals surface area contributed by atoms with E-state index in [2.05, 4.69) is 13.8 Å². The predicted octanol–water partition coefficient (Wildman–Crippen LogP) is 9.14. The molecule has 2 atom stereocenters. The number of carboxylic acids is 3. The van der Waals surface area contributed by atoms with Gasteiger partial charge in [0.15, 0.2) is 0 Å². The van der Waals surface area contributed by atoms with Crippen LogP contribution in [0.2, 0.25) is 0 Å². The van der Waals surface area contributed by atoms with Gasteiger partial charge in [-0.1, -0.05) is 149 Å². The highest BCUT2D eigenvalue weighted by Crippen LogP contribution is 2.14.